The normalized spacial score (nSPS) is 23.2. The largest absolute Gasteiger partial charge is 0.490 e. The second-order valence-electron chi connectivity index (χ2n) is 7.34. The van der Waals surface area contributed by atoms with Crippen LogP contribution in [-0.4, -0.2) is 18.3 Å². The highest BCUT2D eigenvalue weighted by Crippen LogP contribution is 2.39. The monoisotopic (exact) mass is 361 g/mol. The first kappa shape index (κ1) is 18.8. The highest BCUT2D eigenvalue weighted by Gasteiger charge is 2.29. The molecule has 0 heterocycles. The van der Waals surface area contributed by atoms with Gasteiger partial charge in [0.2, 0.25) is 0 Å². The number of allylic oxidation sites excluding steroid dienone is 1. The molecule has 1 aromatic carbocycles. The van der Waals surface area contributed by atoms with Crippen LogP contribution >= 0.6 is 0 Å². The summed E-state index contributed by atoms with van der Waals surface area (Å²) in [5, 5.41) is 18.9. The second kappa shape index (κ2) is 8.16. The number of hydrogen-bond donors (Lipinski definition) is 2. The van der Waals surface area contributed by atoms with Crippen LogP contribution in [0.4, 0.5) is 4.39 Å². The molecule has 1 unspecified atom stereocenters. The van der Waals surface area contributed by atoms with Crippen LogP contribution in [0.2, 0.25) is 0 Å². The molecule has 0 saturated heterocycles. The van der Waals surface area contributed by atoms with Gasteiger partial charge in [0.25, 0.3) is 0 Å². The quantitative estimate of drug-likeness (QED) is 0.477. The maximum atomic E-state index is 14.0. The van der Waals surface area contributed by atoms with Crippen LogP contribution in [0.1, 0.15) is 51.5 Å². The van der Waals surface area contributed by atoms with Gasteiger partial charge in [0.1, 0.15) is 5.60 Å². The Balaban J connectivity index is 1.60. The summed E-state index contributed by atoms with van der Waals surface area (Å²) in [7, 11) is 0. The van der Waals surface area contributed by atoms with Gasteiger partial charge in [-0.05, 0) is 67.2 Å². The van der Waals surface area contributed by atoms with Crippen LogP contribution < -0.4 is 10.2 Å². The van der Waals surface area contributed by atoms with Crippen molar-refractivity contribution in [2.45, 2.75) is 51.6 Å². The minimum Gasteiger partial charge on any atom is -0.490 e. The molecule has 6 heteroatoms. The molecule has 0 spiro atoms. The molecule has 2 atom stereocenters. The number of hydrogen-bond acceptors (Lipinski definition) is 4. The Morgan fingerprint density at radius 2 is 2.19 bits per heavy atom. The molecule has 0 aliphatic heterocycles. The Bertz CT molecular complexity index is 688. The van der Waals surface area contributed by atoms with Gasteiger partial charge in [0, 0.05) is 6.20 Å². The van der Waals surface area contributed by atoms with Crippen LogP contribution in [-0.2, 0) is 5.60 Å². The van der Waals surface area contributed by atoms with E-state index in [0.29, 0.717) is 30.4 Å². The summed E-state index contributed by atoms with van der Waals surface area (Å²) in [4.78, 5) is 0. The number of aliphatic hydroxyl groups is 1. The van der Waals surface area contributed by atoms with Crippen LogP contribution in [0.3, 0.4) is 0 Å². The number of rotatable bonds is 10. The minimum atomic E-state index is -1.20. The third kappa shape index (κ3) is 4.81. The van der Waals surface area contributed by atoms with Gasteiger partial charge < -0.3 is 9.84 Å². The highest BCUT2D eigenvalue weighted by molar-refractivity contribution is 5.34. The van der Waals surface area contributed by atoms with Gasteiger partial charge in [0.15, 0.2) is 11.6 Å². The van der Waals surface area contributed by atoms with Crippen molar-refractivity contribution in [2.75, 3.05) is 13.2 Å². The lowest BCUT2D eigenvalue weighted by molar-refractivity contribution is 0.0401. The maximum absolute atomic E-state index is 14.0. The van der Waals surface area contributed by atoms with Crippen molar-refractivity contribution in [3.8, 4) is 5.75 Å². The van der Waals surface area contributed by atoms with Crippen molar-refractivity contribution < 1.29 is 14.2 Å². The van der Waals surface area contributed by atoms with Crippen molar-refractivity contribution in [2.24, 2.45) is 22.2 Å². The molecule has 5 nitrogen and oxygen atoms in total. The Labute approximate surface area is 154 Å². The highest BCUT2D eigenvalue weighted by atomic mass is 19.1. The number of nitrogens with one attached hydrogen (secondary N) is 1. The molecule has 0 aromatic heterocycles. The van der Waals surface area contributed by atoms with Gasteiger partial charge in [-0.2, -0.15) is 5.11 Å². The third-order valence-corrected chi connectivity index (χ3v) is 5.27. The Hall–Kier alpha value is -1.95. The average Bonchev–Trinajstić information content (AvgIpc) is 3.55. The first-order valence-electron chi connectivity index (χ1n) is 9.52. The van der Waals surface area contributed by atoms with E-state index < -0.39 is 11.4 Å². The lowest BCUT2D eigenvalue weighted by Gasteiger charge is -2.25. The van der Waals surface area contributed by atoms with Crippen molar-refractivity contribution >= 4 is 0 Å². The van der Waals surface area contributed by atoms with Gasteiger partial charge in [-0.15, -0.1) is 0 Å². The standard InChI is InChI=1S/C20H28FN3O2/c1-3-15-9-16(15)11-22-24-23-13-20(25,4-2)17-7-8-18(21)19(10-17)26-12-14-5-6-14/h7-8,10-11,14-15,25H,3-6,9,12-13H2,1-2H3,(H,22,23)/b16-11+/t15?,20-/m1/s1. The fraction of sp³-hybridized carbons (Fsp3) is 0.600. The zero-order chi connectivity index (χ0) is 18.6. The Morgan fingerprint density at radius 1 is 1.38 bits per heavy atom. The molecule has 26 heavy (non-hydrogen) atoms. The smallest absolute Gasteiger partial charge is 0.165 e. The van der Waals surface area contributed by atoms with Crippen molar-refractivity contribution in [3.05, 3.63) is 41.4 Å². The molecule has 0 bridgehead atoms. The first-order valence-corrected chi connectivity index (χ1v) is 9.52. The summed E-state index contributed by atoms with van der Waals surface area (Å²) in [5.41, 5.74) is 3.57. The van der Waals surface area contributed by atoms with Gasteiger partial charge in [-0.1, -0.05) is 25.1 Å². The van der Waals surface area contributed by atoms with E-state index in [-0.39, 0.29) is 12.3 Å². The zero-order valence-electron chi connectivity index (χ0n) is 15.5. The molecule has 0 radical (unpaired) electrons. The fourth-order valence-electron chi connectivity index (χ4n) is 2.92. The van der Waals surface area contributed by atoms with Crippen molar-refractivity contribution in [1.82, 2.24) is 5.43 Å². The molecular formula is C20H28FN3O2. The number of halogens is 1. The maximum Gasteiger partial charge on any atom is 0.165 e. The van der Waals surface area contributed by atoms with Crippen LogP contribution in [0.25, 0.3) is 0 Å². The lowest BCUT2D eigenvalue weighted by atomic mass is 9.91. The predicted octanol–water partition coefficient (Wildman–Crippen LogP) is 4.48. The average molecular weight is 361 g/mol. The van der Waals surface area contributed by atoms with Crippen molar-refractivity contribution in [1.29, 1.82) is 0 Å². The SMILES string of the molecule is CCC1C/C1=C\NN=NC[C@](O)(CC)c1ccc(F)c(OCC2CC2)c1. The molecule has 2 fully saturated rings. The van der Waals surface area contributed by atoms with Gasteiger partial charge >= 0.3 is 0 Å². The van der Waals surface area contributed by atoms with Crippen LogP contribution in [0.15, 0.2) is 40.3 Å². The molecular weight excluding hydrogens is 333 g/mol. The molecule has 2 aliphatic rings. The lowest BCUT2D eigenvalue weighted by Crippen LogP contribution is -2.28. The van der Waals surface area contributed by atoms with Crippen LogP contribution in [0.5, 0.6) is 5.75 Å². The van der Waals surface area contributed by atoms with Crippen LogP contribution in [0, 0.1) is 17.7 Å². The summed E-state index contributed by atoms with van der Waals surface area (Å²) in [6.07, 6.45) is 6.88. The summed E-state index contributed by atoms with van der Waals surface area (Å²) in [5.74, 6) is 1.01. The van der Waals surface area contributed by atoms with Gasteiger partial charge in [0.05, 0.1) is 13.2 Å². The first-order chi connectivity index (χ1) is 12.6. The number of nitrogens with zero attached hydrogens (tertiary/aromatic N) is 2. The summed E-state index contributed by atoms with van der Waals surface area (Å²) < 4.78 is 19.5. The van der Waals surface area contributed by atoms with Crippen molar-refractivity contribution in [3.63, 3.8) is 0 Å². The van der Waals surface area contributed by atoms with Gasteiger partial charge in [-0.3, -0.25) is 5.43 Å². The summed E-state index contributed by atoms with van der Waals surface area (Å²) in [6.45, 7) is 4.67. The van der Waals surface area contributed by atoms with E-state index in [1.807, 2.05) is 13.1 Å². The van der Waals surface area contributed by atoms with E-state index in [9.17, 15) is 9.50 Å². The molecule has 3 rings (SSSR count). The Kier molecular flexibility index (Phi) is 5.91. The predicted molar refractivity (Wildman–Crippen MR) is 98.1 cm³/mol. The van der Waals surface area contributed by atoms with E-state index in [1.54, 1.807) is 12.1 Å². The van der Waals surface area contributed by atoms with E-state index in [2.05, 4.69) is 22.7 Å². The van der Waals surface area contributed by atoms with E-state index in [4.69, 9.17) is 4.74 Å². The molecule has 2 N–H and O–H groups in total. The summed E-state index contributed by atoms with van der Waals surface area (Å²) >= 11 is 0. The molecule has 142 valence electrons. The molecule has 2 aliphatic carbocycles. The van der Waals surface area contributed by atoms with Gasteiger partial charge in [-0.25, -0.2) is 4.39 Å². The molecule has 2 saturated carbocycles. The molecule has 0 amide bonds. The minimum absolute atomic E-state index is 0.102. The number of ether oxygens (including phenoxy) is 1. The summed E-state index contributed by atoms with van der Waals surface area (Å²) in [6, 6.07) is 4.52. The fourth-order valence-corrected chi connectivity index (χ4v) is 2.92. The molecule has 1 aromatic rings. The zero-order valence-corrected chi connectivity index (χ0v) is 15.5. The van der Waals surface area contributed by atoms with E-state index in [1.165, 1.54) is 11.6 Å². The number of benzene rings is 1. The van der Waals surface area contributed by atoms with E-state index >= 15 is 0 Å². The Morgan fingerprint density at radius 3 is 2.85 bits per heavy atom. The van der Waals surface area contributed by atoms with E-state index in [0.717, 1.165) is 25.7 Å². The second-order valence-corrected chi connectivity index (χ2v) is 7.34. The topological polar surface area (TPSA) is 66.2 Å². The third-order valence-electron chi connectivity index (χ3n) is 5.27.